The van der Waals surface area contributed by atoms with Gasteiger partial charge >= 0.3 is 0 Å². The number of anilines is 1. The lowest BCUT2D eigenvalue weighted by atomic mass is 9.97. The van der Waals surface area contributed by atoms with E-state index < -0.39 is 33.6 Å². The van der Waals surface area contributed by atoms with Crippen molar-refractivity contribution in [3.63, 3.8) is 0 Å². The van der Waals surface area contributed by atoms with Gasteiger partial charge in [0.15, 0.2) is 0 Å². The number of carbonyl (C=O) groups is 2. The van der Waals surface area contributed by atoms with Gasteiger partial charge in [-0.25, -0.2) is 17.5 Å². The molecule has 1 N–H and O–H groups in total. The van der Waals surface area contributed by atoms with Gasteiger partial charge in [0.05, 0.1) is 5.41 Å². The number of hydrogen-bond donors (Lipinski definition) is 1. The molecule has 0 heterocycles. The number of carbonyl (C=O) groups excluding carboxylic acids is 2. The third-order valence-electron chi connectivity index (χ3n) is 6.01. The number of halogens is 1. The van der Waals surface area contributed by atoms with Gasteiger partial charge in [0, 0.05) is 11.7 Å². The quantitative estimate of drug-likeness (QED) is 0.459. The minimum atomic E-state index is -4.10. The third-order valence-corrected chi connectivity index (χ3v) is 6.99. The monoisotopic (exact) mass is 486 g/mol. The Morgan fingerprint density at radius 2 is 1.68 bits per heavy atom. The van der Waals surface area contributed by atoms with E-state index in [2.05, 4.69) is 4.72 Å². The molecule has 1 fully saturated rings. The van der Waals surface area contributed by atoms with E-state index in [1.54, 1.807) is 24.3 Å². The van der Waals surface area contributed by atoms with E-state index in [1.807, 2.05) is 19.9 Å². The molecule has 1 atom stereocenters. The van der Waals surface area contributed by atoms with Crippen LogP contribution < -0.4 is 9.62 Å². The minimum absolute atomic E-state index is 0.206. The number of rotatable bonds is 11. The van der Waals surface area contributed by atoms with E-state index in [-0.39, 0.29) is 18.4 Å². The fraction of sp³-hybridized carbons (Fsp3) is 0.385. The zero-order valence-corrected chi connectivity index (χ0v) is 20.3. The molecule has 8 heteroatoms. The second kappa shape index (κ2) is 11.4. The zero-order valence-electron chi connectivity index (χ0n) is 19.5. The second-order valence-electron chi connectivity index (χ2n) is 8.61. The molecule has 2 aromatic rings. The summed E-state index contributed by atoms with van der Waals surface area (Å²) in [6, 6.07) is 14.2. The molecule has 1 saturated carbocycles. The number of nitrogens with zero attached hydrogens (tertiary/aromatic N) is 1. The van der Waals surface area contributed by atoms with Crippen molar-refractivity contribution in [2.45, 2.75) is 52.0 Å². The fourth-order valence-electron chi connectivity index (χ4n) is 3.93. The maximum atomic E-state index is 13.7. The van der Waals surface area contributed by atoms with E-state index in [1.165, 1.54) is 35.2 Å². The lowest BCUT2D eigenvalue weighted by Gasteiger charge is -2.33. The lowest BCUT2D eigenvalue weighted by molar-refractivity contribution is -0.133. The molecule has 6 nitrogen and oxygen atoms in total. The highest BCUT2D eigenvalue weighted by Gasteiger charge is 2.39. The van der Waals surface area contributed by atoms with Crippen LogP contribution >= 0.6 is 0 Å². The highest BCUT2D eigenvalue weighted by atomic mass is 32.2. The van der Waals surface area contributed by atoms with Crippen molar-refractivity contribution in [2.24, 2.45) is 11.8 Å². The Balaban J connectivity index is 1.86. The molecule has 0 saturated heterocycles. The van der Waals surface area contributed by atoms with Crippen LogP contribution in [0.3, 0.4) is 0 Å². The number of benzene rings is 2. The van der Waals surface area contributed by atoms with Crippen LogP contribution in [0, 0.1) is 17.7 Å². The van der Waals surface area contributed by atoms with Crippen molar-refractivity contribution in [3.8, 4) is 0 Å². The molecule has 182 valence electrons. The molecular weight excluding hydrogens is 455 g/mol. The summed E-state index contributed by atoms with van der Waals surface area (Å²) in [6.45, 7) is 3.87. The molecule has 1 aliphatic carbocycles. The average molecular weight is 487 g/mol. The van der Waals surface area contributed by atoms with Gasteiger partial charge in [0.25, 0.3) is 10.0 Å². The van der Waals surface area contributed by atoms with Gasteiger partial charge in [-0.1, -0.05) is 57.0 Å². The van der Waals surface area contributed by atoms with Gasteiger partial charge in [-0.15, -0.1) is 0 Å². The first-order valence-corrected chi connectivity index (χ1v) is 13.2. The van der Waals surface area contributed by atoms with Crippen LogP contribution in [0.25, 0.3) is 6.08 Å². The first-order valence-electron chi connectivity index (χ1n) is 11.6. The van der Waals surface area contributed by atoms with E-state index >= 15 is 0 Å². The van der Waals surface area contributed by atoms with Crippen LogP contribution in [0.4, 0.5) is 10.1 Å². The molecule has 0 bridgehead atoms. The Morgan fingerprint density at radius 3 is 2.24 bits per heavy atom. The normalized spacial score (nSPS) is 14.8. The SMILES string of the molecule is CCC(CC)N(C(=O)C(CC1CC1)C(=O)NS(=O)(=O)/C=C/c1ccccc1)c1ccc(F)cc1. The number of sulfonamides is 1. The Bertz CT molecular complexity index is 1110. The Labute approximate surface area is 200 Å². The lowest BCUT2D eigenvalue weighted by Crippen LogP contribution is -2.49. The highest BCUT2D eigenvalue weighted by Crippen LogP contribution is 2.37. The molecule has 2 amide bonds. The molecule has 2 aromatic carbocycles. The number of amides is 2. The molecule has 1 unspecified atom stereocenters. The van der Waals surface area contributed by atoms with Gasteiger partial charge in [-0.05, 0) is 61.1 Å². The second-order valence-corrected chi connectivity index (χ2v) is 10.2. The van der Waals surface area contributed by atoms with E-state index in [0.717, 1.165) is 18.2 Å². The predicted molar refractivity (Wildman–Crippen MR) is 132 cm³/mol. The van der Waals surface area contributed by atoms with Crippen molar-refractivity contribution in [3.05, 3.63) is 71.4 Å². The van der Waals surface area contributed by atoms with E-state index in [4.69, 9.17) is 0 Å². The Morgan fingerprint density at radius 1 is 1.06 bits per heavy atom. The van der Waals surface area contributed by atoms with E-state index in [9.17, 15) is 22.4 Å². The van der Waals surface area contributed by atoms with Crippen molar-refractivity contribution in [1.82, 2.24) is 4.72 Å². The van der Waals surface area contributed by atoms with Gasteiger partial charge in [0.2, 0.25) is 11.8 Å². The van der Waals surface area contributed by atoms with Gasteiger partial charge < -0.3 is 4.90 Å². The molecule has 34 heavy (non-hydrogen) atoms. The van der Waals surface area contributed by atoms with Gasteiger partial charge in [-0.3, -0.25) is 9.59 Å². The predicted octanol–water partition coefficient (Wildman–Crippen LogP) is 4.88. The fourth-order valence-corrected chi connectivity index (χ4v) is 4.75. The summed E-state index contributed by atoms with van der Waals surface area (Å²) in [5.74, 6) is -2.68. The third kappa shape index (κ3) is 7.00. The number of nitrogens with one attached hydrogen (secondary N) is 1. The maximum absolute atomic E-state index is 13.7. The molecule has 1 aliphatic rings. The van der Waals surface area contributed by atoms with Crippen LogP contribution in [-0.4, -0.2) is 26.3 Å². The zero-order chi connectivity index (χ0) is 24.7. The largest absolute Gasteiger partial charge is 0.309 e. The molecule has 0 radical (unpaired) electrons. The Hall–Kier alpha value is -3.00. The van der Waals surface area contributed by atoms with Gasteiger partial charge in [-0.2, -0.15) is 0 Å². The summed E-state index contributed by atoms with van der Waals surface area (Å²) < 4.78 is 40.8. The van der Waals surface area contributed by atoms with Crippen molar-refractivity contribution in [1.29, 1.82) is 0 Å². The molecule has 0 aromatic heterocycles. The molecular formula is C26H31FN2O4S. The topological polar surface area (TPSA) is 83.6 Å². The summed E-state index contributed by atoms with van der Waals surface area (Å²) in [4.78, 5) is 28.4. The summed E-state index contributed by atoms with van der Waals surface area (Å²) in [5, 5.41) is 0.928. The first-order chi connectivity index (χ1) is 16.2. The summed E-state index contributed by atoms with van der Waals surface area (Å²) in [7, 11) is -4.10. The smallest absolute Gasteiger partial charge is 0.257 e. The number of hydrogen-bond acceptors (Lipinski definition) is 4. The Kier molecular flexibility index (Phi) is 8.61. The first kappa shape index (κ1) is 25.6. The average Bonchev–Trinajstić information content (AvgIpc) is 3.65. The van der Waals surface area contributed by atoms with Crippen LogP contribution in [-0.2, 0) is 19.6 Å². The van der Waals surface area contributed by atoms with Crippen molar-refractivity contribution in [2.75, 3.05) is 4.90 Å². The van der Waals surface area contributed by atoms with Crippen molar-refractivity contribution >= 4 is 33.6 Å². The van der Waals surface area contributed by atoms with Crippen molar-refractivity contribution < 1.29 is 22.4 Å². The van der Waals surface area contributed by atoms with E-state index in [0.29, 0.717) is 24.1 Å². The standard InChI is InChI=1S/C26H31FN2O4S/c1-3-22(4-2)29(23-14-12-21(27)13-15-23)26(31)24(18-20-10-11-20)25(30)28-34(32,33)17-16-19-8-6-5-7-9-19/h5-9,12-17,20,22,24H,3-4,10-11,18H2,1-2H3,(H,28,30)/b17-16+. The molecule has 0 spiro atoms. The van der Waals surface area contributed by atoms with Gasteiger partial charge in [0.1, 0.15) is 11.7 Å². The summed E-state index contributed by atoms with van der Waals surface area (Å²) in [5.41, 5.74) is 1.16. The summed E-state index contributed by atoms with van der Waals surface area (Å²) in [6.07, 6.45) is 4.74. The van der Waals surface area contributed by atoms with Crippen LogP contribution in [0.2, 0.25) is 0 Å². The van der Waals surface area contributed by atoms with Crippen LogP contribution in [0.15, 0.2) is 60.0 Å². The van der Waals surface area contributed by atoms with Crippen LogP contribution in [0.1, 0.15) is 51.5 Å². The summed E-state index contributed by atoms with van der Waals surface area (Å²) >= 11 is 0. The highest BCUT2D eigenvalue weighted by molar-refractivity contribution is 7.93. The molecule has 0 aliphatic heterocycles. The van der Waals surface area contributed by atoms with Crippen LogP contribution in [0.5, 0.6) is 0 Å². The maximum Gasteiger partial charge on any atom is 0.257 e. The molecule has 3 rings (SSSR count). The minimum Gasteiger partial charge on any atom is -0.309 e.